The Hall–Kier alpha value is 0. The fraction of sp³-hybridized carbons (Fsp3) is 1.00. The predicted molar refractivity (Wildman–Crippen MR) is 206 cm³/mol. The summed E-state index contributed by atoms with van der Waals surface area (Å²) in [7, 11) is 0. The lowest BCUT2D eigenvalue weighted by atomic mass is 9.51. The van der Waals surface area contributed by atoms with Crippen LogP contribution in [-0.2, 0) is 0 Å². The monoisotopic (exact) mass is 669 g/mol. The van der Waals surface area contributed by atoms with Crippen molar-refractivity contribution in [2.45, 2.75) is 199 Å². The highest BCUT2D eigenvalue weighted by Gasteiger charge is 2.56. The molecule has 0 aliphatic heterocycles. The van der Waals surface area contributed by atoms with Gasteiger partial charge in [-0.3, -0.25) is 0 Å². The summed E-state index contributed by atoms with van der Waals surface area (Å²) in [5.41, 5.74) is 0. The first-order chi connectivity index (χ1) is 24.2. The van der Waals surface area contributed by atoms with Gasteiger partial charge in [0.2, 0.25) is 0 Å². The molecule has 0 heterocycles. The highest BCUT2D eigenvalue weighted by atomic mass is 14.6. The third kappa shape index (κ3) is 6.71. The van der Waals surface area contributed by atoms with Crippen LogP contribution in [0.4, 0.5) is 0 Å². The van der Waals surface area contributed by atoms with E-state index in [1.54, 1.807) is 199 Å². The van der Waals surface area contributed by atoms with E-state index in [0.717, 1.165) is 107 Å². The van der Waals surface area contributed by atoms with Crippen LogP contribution < -0.4 is 0 Å². The van der Waals surface area contributed by atoms with Crippen LogP contribution in [0.5, 0.6) is 0 Å². The molecule has 49 heavy (non-hydrogen) atoms. The Balaban J connectivity index is 0.938. The summed E-state index contributed by atoms with van der Waals surface area (Å²) in [4.78, 5) is 0. The summed E-state index contributed by atoms with van der Waals surface area (Å²) >= 11 is 0. The Labute approximate surface area is 304 Å². The average molecular weight is 669 g/mol. The van der Waals surface area contributed by atoms with E-state index >= 15 is 0 Å². The number of fused-ring (bicyclic) bond motifs is 6. The average Bonchev–Trinajstić information content (AvgIpc) is 3.53. The molecule has 10 aliphatic carbocycles. The third-order valence-corrected chi connectivity index (χ3v) is 20.4. The number of rotatable bonds is 4. The standard InChI is InChI=1S/C49H80/c1-2-10-32(11-3-1)41-25-42(39-20-18-33-12-4-6-14-35(33)22-39)27-45(26-41)48-31-43(40-21-19-34-13-5-7-15-36(34)23-40)28-46-29-44-24-37-16-8-9-17-38(37)30-47(44)49(46)48/h32-49H,1-31H2. The Morgan fingerprint density at radius 1 is 0.163 bits per heavy atom. The minimum atomic E-state index is 1.11. The fourth-order valence-corrected chi connectivity index (χ4v) is 18.3. The zero-order chi connectivity index (χ0) is 32.3. The van der Waals surface area contributed by atoms with Gasteiger partial charge in [-0.1, -0.05) is 109 Å². The smallest absolute Gasteiger partial charge is 0.0323 e. The van der Waals surface area contributed by atoms with Crippen LogP contribution in [0.1, 0.15) is 199 Å². The van der Waals surface area contributed by atoms with E-state index in [2.05, 4.69) is 0 Å². The van der Waals surface area contributed by atoms with Crippen molar-refractivity contribution in [3.63, 3.8) is 0 Å². The predicted octanol–water partition coefficient (Wildman–Crippen LogP) is 14.3. The molecular formula is C49H80. The van der Waals surface area contributed by atoms with Crippen molar-refractivity contribution in [2.75, 3.05) is 0 Å². The molecule has 10 fully saturated rings. The molecule has 0 spiro atoms. The lowest BCUT2D eigenvalue weighted by Crippen LogP contribution is -2.45. The Morgan fingerprint density at radius 3 is 1.00 bits per heavy atom. The van der Waals surface area contributed by atoms with E-state index < -0.39 is 0 Å². The fourth-order valence-electron chi connectivity index (χ4n) is 18.3. The van der Waals surface area contributed by atoms with Gasteiger partial charge < -0.3 is 0 Å². The molecule has 0 aromatic carbocycles. The van der Waals surface area contributed by atoms with Crippen molar-refractivity contribution >= 4 is 0 Å². The molecule has 0 heteroatoms. The van der Waals surface area contributed by atoms with Gasteiger partial charge in [0.1, 0.15) is 0 Å². The minimum absolute atomic E-state index is 1.11. The second-order valence-corrected chi connectivity index (χ2v) is 22.3. The first-order valence-electron chi connectivity index (χ1n) is 24.2. The Morgan fingerprint density at radius 2 is 0.429 bits per heavy atom. The summed E-state index contributed by atoms with van der Waals surface area (Å²) in [6.45, 7) is 0. The maximum Gasteiger partial charge on any atom is -0.0323 e. The van der Waals surface area contributed by atoms with E-state index in [4.69, 9.17) is 0 Å². The molecule has 0 nitrogen and oxygen atoms in total. The summed E-state index contributed by atoms with van der Waals surface area (Å²) in [6.07, 6.45) is 50.3. The van der Waals surface area contributed by atoms with Crippen LogP contribution in [0.15, 0.2) is 0 Å². The molecule has 0 amide bonds. The molecule has 0 saturated heterocycles. The van der Waals surface area contributed by atoms with Crippen LogP contribution in [0.25, 0.3) is 0 Å². The van der Waals surface area contributed by atoms with Crippen molar-refractivity contribution in [1.29, 1.82) is 0 Å². The van der Waals surface area contributed by atoms with Gasteiger partial charge in [0.05, 0.1) is 0 Å². The Bertz CT molecular complexity index is 1080. The molecule has 10 saturated carbocycles. The van der Waals surface area contributed by atoms with Gasteiger partial charge in [0.25, 0.3) is 0 Å². The van der Waals surface area contributed by atoms with Gasteiger partial charge in [0.15, 0.2) is 0 Å². The molecule has 0 N–H and O–H groups in total. The largest absolute Gasteiger partial charge is 0.0533 e. The summed E-state index contributed by atoms with van der Waals surface area (Å²) in [5, 5.41) is 0. The van der Waals surface area contributed by atoms with E-state index in [1.165, 1.54) is 0 Å². The van der Waals surface area contributed by atoms with Gasteiger partial charge in [-0.25, -0.2) is 0 Å². The third-order valence-electron chi connectivity index (χ3n) is 20.4. The highest BCUT2D eigenvalue weighted by Crippen LogP contribution is 2.65. The molecule has 10 aliphatic rings. The van der Waals surface area contributed by atoms with E-state index in [-0.39, 0.29) is 0 Å². The second kappa shape index (κ2) is 14.7. The molecular weight excluding hydrogens is 589 g/mol. The first kappa shape index (κ1) is 33.6. The zero-order valence-corrected chi connectivity index (χ0v) is 32.3. The van der Waals surface area contributed by atoms with Crippen LogP contribution in [0, 0.1) is 107 Å². The van der Waals surface area contributed by atoms with Crippen LogP contribution in [0.2, 0.25) is 0 Å². The summed E-state index contributed by atoms with van der Waals surface area (Å²) in [5.74, 6) is 20.2. The highest BCUT2D eigenvalue weighted by molar-refractivity contribution is 5.06. The van der Waals surface area contributed by atoms with Crippen molar-refractivity contribution in [1.82, 2.24) is 0 Å². The first-order valence-corrected chi connectivity index (χ1v) is 24.2. The molecule has 0 bridgehead atoms. The molecule has 0 radical (unpaired) electrons. The molecule has 17 atom stereocenters. The lowest BCUT2D eigenvalue weighted by molar-refractivity contribution is -0.0416. The Kier molecular flexibility index (Phi) is 10.1. The maximum atomic E-state index is 1.71. The SMILES string of the molecule is C1CCC(C2CC(C3CCC4CCCCC4C3)CC(C3CC(C4CCC5CCCCC5C4)CC4CC5CC6CCCCC6CC5C43)C2)CC1. The van der Waals surface area contributed by atoms with E-state index in [9.17, 15) is 0 Å². The lowest BCUT2D eigenvalue weighted by Gasteiger charge is -2.54. The van der Waals surface area contributed by atoms with Crippen LogP contribution >= 0.6 is 0 Å². The normalized spacial score (nSPS) is 53.8. The van der Waals surface area contributed by atoms with Gasteiger partial charge in [-0.05, 0) is 196 Å². The molecule has 0 aromatic rings. The van der Waals surface area contributed by atoms with Gasteiger partial charge in [0, 0.05) is 0 Å². The van der Waals surface area contributed by atoms with Crippen molar-refractivity contribution in [3.05, 3.63) is 0 Å². The van der Waals surface area contributed by atoms with Gasteiger partial charge >= 0.3 is 0 Å². The molecule has 276 valence electrons. The maximum absolute atomic E-state index is 1.71. The number of hydrogen-bond acceptors (Lipinski definition) is 0. The number of hydrogen-bond donors (Lipinski definition) is 0. The molecule has 10 rings (SSSR count). The van der Waals surface area contributed by atoms with Crippen molar-refractivity contribution in [3.8, 4) is 0 Å². The van der Waals surface area contributed by atoms with Crippen LogP contribution in [-0.4, -0.2) is 0 Å². The van der Waals surface area contributed by atoms with E-state index in [1.807, 2.05) is 0 Å². The summed E-state index contributed by atoms with van der Waals surface area (Å²) < 4.78 is 0. The van der Waals surface area contributed by atoms with Crippen LogP contribution in [0.3, 0.4) is 0 Å². The van der Waals surface area contributed by atoms with Crippen molar-refractivity contribution < 1.29 is 0 Å². The quantitative estimate of drug-likeness (QED) is 0.280. The second-order valence-electron chi connectivity index (χ2n) is 22.3. The van der Waals surface area contributed by atoms with E-state index in [0.29, 0.717) is 0 Å². The van der Waals surface area contributed by atoms with Crippen molar-refractivity contribution in [2.24, 2.45) is 107 Å². The topological polar surface area (TPSA) is 0 Å². The van der Waals surface area contributed by atoms with Gasteiger partial charge in [-0.15, -0.1) is 0 Å². The summed E-state index contributed by atoms with van der Waals surface area (Å²) in [6, 6.07) is 0. The van der Waals surface area contributed by atoms with Gasteiger partial charge in [-0.2, -0.15) is 0 Å². The zero-order valence-electron chi connectivity index (χ0n) is 32.3. The minimum Gasteiger partial charge on any atom is -0.0533 e. The molecule has 0 aromatic heterocycles. The molecule has 17 unspecified atom stereocenters.